The molecule has 1 unspecified atom stereocenters. The SMILES string of the molecule is CCOc1ccc(C(NC)c2ncccc2OC)cc1. The molecule has 0 saturated heterocycles. The van der Waals surface area contributed by atoms with Gasteiger partial charge in [-0.2, -0.15) is 0 Å². The van der Waals surface area contributed by atoms with Crippen LogP contribution in [0.5, 0.6) is 11.5 Å². The van der Waals surface area contributed by atoms with Crippen LogP contribution >= 0.6 is 0 Å². The van der Waals surface area contributed by atoms with Gasteiger partial charge in [-0.15, -0.1) is 0 Å². The minimum Gasteiger partial charge on any atom is -0.495 e. The monoisotopic (exact) mass is 272 g/mol. The van der Waals surface area contributed by atoms with Gasteiger partial charge in [0.1, 0.15) is 17.2 Å². The van der Waals surface area contributed by atoms with Crippen molar-refractivity contribution in [1.29, 1.82) is 0 Å². The van der Waals surface area contributed by atoms with Crippen molar-refractivity contribution in [2.75, 3.05) is 20.8 Å². The molecule has 1 heterocycles. The molecular formula is C16H20N2O2. The summed E-state index contributed by atoms with van der Waals surface area (Å²) in [4.78, 5) is 4.44. The van der Waals surface area contributed by atoms with E-state index in [1.54, 1.807) is 13.3 Å². The maximum absolute atomic E-state index is 5.46. The Morgan fingerprint density at radius 3 is 2.55 bits per heavy atom. The highest BCUT2D eigenvalue weighted by atomic mass is 16.5. The lowest BCUT2D eigenvalue weighted by Gasteiger charge is -2.18. The molecule has 0 bridgehead atoms. The molecule has 2 rings (SSSR count). The Morgan fingerprint density at radius 1 is 1.20 bits per heavy atom. The minimum absolute atomic E-state index is 0.0122. The van der Waals surface area contributed by atoms with Crippen LogP contribution in [0, 0.1) is 0 Å². The lowest BCUT2D eigenvalue weighted by Crippen LogP contribution is -2.19. The molecule has 0 spiro atoms. The molecule has 0 amide bonds. The average molecular weight is 272 g/mol. The maximum atomic E-state index is 5.46. The molecule has 4 heteroatoms. The number of rotatable bonds is 6. The van der Waals surface area contributed by atoms with E-state index < -0.39 is 0 Å². The summed E-state index contributed by atoms with van der Waals surface area (Å²) >= 11 is 0. The van der Waals surface area contributed by atoms with Crippen LogP contribution in [0.3, 0.4) is 0 Å². The predicted octanol–water partition coefficient (Wildman–Crippen LogP) is 2.80. The summed E-state index contributed by atoms with van der Waals surface area (Å²) in [6, 6.07) is 11.8. The number of nitrogens with zero attached hydrogens (tertiary/aromatic N) is 1. The molecule has 0 saturated carbocycles. The van der Waals surface area contributed by atoms with Gasteiger partial charge in [0, 0.05) is 6.20 Å². The van der Waals surface area contributed by atoms with Crippen molar-refractivity contribution < 1.29 is 9.47 Å². The summed E-state index contributed by atoms with van der Waals surface area (Å²) in [5.41, 5.74) is 2.00. The van der Waals surface area contributed by atoms with Crippen LogP contribution in [-0.4, -0.2) is 25.7 Å². The Morgan fingerprint density at radius 2 is 1.95 bits per heavy atom. The Balaban J connectivity index is 2.31. The van der Waals surface area contributed by atoms with Crippen molar-refractivity contribution in [3.05, 3.63) is 53.9 Å². The fourth-order valence-electron chi connectivity index (χ4n) is 2.18. The third-order valence-corrected chi connectivity index (χ3v) is 3.11. The Labute approximate surface area is 119 Å². The summed E-state index contributed by atoms with van der Waals surface area (Å²) in [5, 5.41) is 3.28. The first-order chi connectivity index (χ1) is 9.80. The molecule has 106 valence electrons. The van der Waals surface area contributed by atoms with E-state index in [4.69, 9.17) is 9.47 Å². The fourth-order valence-corrected chi connectivity index (χ4v) is 2.18. The molecule has 1 N–H and O–H groups in total. The van der Waals surface area contributed by atoms with Gasteiger partial charge < -0.3 is 14.8 Å². The van der Waals surface area contributed by atoms with Gasteiger partial charge in [0.15, 0.2) is 0 Å². The normalized spacial score (nSPS) is 11.9. The quantitative estimate of drug-likeness (QED) is 0.878. The van der Waals surface area contributed by atoms with E-state index in [9.17, 15) is 0 Å². The van der Waals surface area contributed by atoms with Crippen LogP contribution < -0.4 is 14.8 Å². The third kappa shape index (κ3) is 3.08. The van der Waals surface area contributed by atoms with Gasteiger partial charge in [-0.05, 0) is 43.8 Å². The molecule has 1 aromatic heterocycles. The second kappa shape index (κ2) is 6.91. The number of benzene rings is 1. The van der Waals surface area contributed by atoms with Gasteiger partial charge in [-0.1, -0.05) is 12.1 Å². The number of ether oxygens (including phenoxy) is 2. The lowest BCUT2D eigenvalue weighted by molar-refractivity contribution is 0.340. The predicted molar refractivity (Wildman–Crippen MR) is 79.3 cm³/mol. The zero-order valence-electron chi connectivity index (χ0n) is 12.1. The average Bonchev–Trinajstić information content (AvgIpc) is 2.50. The van der Waals surface area contributed by atoms with E-state index in [1.807, 2.05) is 50.4 Å². The van der Waals surface area contributed by atoms with Crippen molar-refractivity contribution in [2.45, 2.75) is 13.0 Å². The largest absolute Gasteiger partial charge is 0.495 e. The van der Waals surface area contributed by atoms with Gasteiger partial charge in [0.05, 0.1) is 19.8 Å². The standard InChI is InChI=1S/C16H20N2O2/c1-4-20-13-9-7-12(8-10-13)15(17-2)16-14(19-3)6-5-11-18-16/h5-11,15,17H,4H2,1-3H3. The van der Waals surface area contributed by atoms with Crippen LogP contribution in [0.2, 0.25) is 0 Å². The van der Waals surface area contributed by atoms with Crippen LogP contribution in [0.1, 0.15) is 24.2 Å². The molecule has 0 aliphatic heterocycles. The zero-order chi connectivity index (χ0) is 14.4. The van der Waals surface area contributed by atoms with Gasteiger partial charge in [0.2, 0.25) is 0 Å². The van der Waals surface area contributed by atoms with Crippen molar-refractivity contribution >= 4 is 0 Å². The molecule has 0 fully saturated rings. The molecule has 4 nitrogen and oxygen atoms in total. The van der Waals surface area contributed by atoms with Gasteiger partial charge in [-0.3, -0.25) is 4.98 Å². The number of nitrogens with one attached hydrogen (secondary N) is 1. The first-order valence-electron chi connectivity index (χ1n) is 6.69. The number of methoxy groups -OCH3 is 1. The van der Waals surface area contributed by atoms with E-state index in [2.05, 4.69) is 10.3 Å². The molecule has 0 aliphatic carbocycles. The minimum atomic E-state index is -0.0122. The maximum Gasteiger partial charge on any atom is 0.142 e. The summed E-state index contributed by atoms with van der Waals surface area (Å²) in [6.07, 6.45) is 1.77. The first kappa shape index (κ1) is 14.3. The topological polar surface area (TPSA) is 43.4 Å². The zero-order valence-corrected chi connectivity index (χ0v) is 12.1. The van der Waals surface area contributed by atoms with Gasteiger partial charge in [0.25, 0.3) is 0 Å². The van der Waals surface area contributed by atoms with Crippen molar-refractivity contribution in [1.82, 2.24) is 10.3 Å². The number of aromatic nitrogens is 1. The van der Waals surface area contributed by atoms with Gasteiger partial charge >= 0.3 is 0 Å². The summed E-state index contributed by atoms with van der Waals surface area (Å²) < 4.78 is 10.8. The Hall–Kier alpha value is -2.07. The van der Waals surface area contributed by atoms with E-state index in [1.165, 1.54) is 0 Å². The van der Waals surface area contributed by atoms with Crippen LogP contribution in [0.15, 0.2) is 42.6 Å². The Kier molecular flexibility index (Phi) is 4.96. The van der Waals surface area contributed by atoms with E-state index in [-0.39, 0.29) is 6.04 Å². The molecule has 1 atom stereocenters. The highest BCUT2D eigenvalue weighted by Crippen LogP contribution is 2.28. The summed E-state index contributed by atoms with van der Waals surface area (Å²) in [7, 11) is 3.57. The molecule has 0 radical (unpaired) electrons. The second-order valence-electron chi connectivity index (χ2n) is 4.31. The lowest BCUT2D eigenvalue weighted by atomic mass is 10.0. The highest BCUT2D eigenvalue weighted by Gasteiger charge is 2.17. The molecule has 2 aromatic rings. The molecule has 20 heavy (non-hydrogen) atoms. The first-order valence-corrected chi connectivity index (χ1v) is 6.69. The molecule has 1 aromatic carbocycles. The van der Waals surface area contributed by atoms with Crippen LogP contribution in [0.25, 0.3) is 0 Å². The third-order valence-electron chi connectivity index (χ3n) is 3.11. The Bertz CT molecular complexity index is 540. The van der Waals surface area contributed by atoms with E-state index >= 15 is 0 Å². The van der Waals surface area contributed by atoms with Crippen LogP contribution in [0.4, 0.5) is 0 Å². The number of hydrogen-bond donors (Lipinski definition) is 1. The molecule has 0 aliphatic rings. The van der Waals surface area contributed by atoms with E-state index in [0.29, 0.717) is 6.61 Å². The smallest absolute Gasteiger partial charge is 0.142 e. The van der Waals surface area contributed by atoms with Crippen LogP contribution in [-0.2, 0) is 0 Å². The summed E-state index contributed by atoms with van der Waals surface area (Å²) in [6.45, 7) is 2.64. The summed E-state index contributed by atoms with van der Waals surface area (Å²) in [5.74, 6) is 1.65. The molecular weight excluding hydrogens is 252 g/mol. The van der Waals surface area contributed by atoms with Crippen molar-refractivity contribution in [3.8, 4) is 11.5 Å². The van der Waals surface area contributed by atoms with Crippen molar-refractivity contribution in [3.63, 3.8) is 0 Å². The highest BCUT2D eigenvalue weighted by molar-refractivity contribution is 5.38. The van der Waals surface area contributed by atoms with E-state index in [0.717, 1.165) is 22.8 Å². The fraction of sp³-hybridized carbons (Fsp3) is 0.312. The second-order valence-corrected chi connectivity index (χ2v) is 4.31. The number of hydrogen-bond acceptors (Lipinski definition) is 4. The van der Waals surface area contributed by atoms with Crippen molar-refractivity contribution in [2.24, 2.45) is 0 Å². The number of pyridine rings is 1. The van der Waals surface area contributed by atoms with Gasteiger partial charge in [-0.25, -0.2) is 0 Å².